The molecule has 2 rings (SSSR count). The molecule has 0 bridgehead atoms. The molecule has 0 amide bonds. The Hall–Kier alpha value is -1.83. The smallest absolute Gasteiger partial charge is 0.305 e. The first-order valence-electron chi connectivity index (χ1n) is 10.8. The highest BCUT2D eigenvalue weighted by Gasteiger charge is 2.39. The third-order valence-corrected chi connectivity index (χ3v) is 7.09. The molecule has 172 valence electrons. The van der Waals surface area contributed by atoms with E-state index in [1.807, 2.05) is 19.9 Å². The van der Waals surface area contributed by atoms with Crippen LogP contribution in [0.25, 0.3) is 0 Å². The lowest BCUT2D eigenvalue weighted by Crippen LogP contribution is -2.21. The number of aryl methyl sites for hydroxylation is 1. The molecular formula is C24H34O6S. The molecule has 31 heavy (non-hydrogen) atoms. The Morgan fingerprint density at radius 1 is 1.35 bits per heavy atom. The van der Waals surface area contributed by atoms with Gasteiger partial charge in [-0.1, -0.05) is 31.2 Å². The number of phenolic OH excluding ortho intramolecular Hbond substituents is 1. The minimum absolute atomic E-state index is 0.0639. The predicted octanol–water partition coefficient (Wildman–Crippen LogP) is 3.36. The molecule has 3 N–H and O–H groups in total. The minimum Gasteiger partial charge on any atom is -0.508 e. The molecule has 1 fully saturated rings. The molecule has 5 atom stereocenters. The summed E-state index contributed by atoms with van der Waals surface area (Å²) >= 11 is 1.69. The van der Waals surface area contributed by atoms with Gasteiger partial charge in [0.15, 0.2) is 0 Å². The van der Waals surface area contributed by atoms with Crippen LogP contribution >= 0.6 is 11.8 Å². The van der Waals surface area contributed by atoms with Crippen molar-refractivity contribution in [3.63, 3.8) is 0 Å². The van der Waals surface area contributed by atoms with Gasteiger partial charge in [-0.2, -0.15) is 11.8 Å². The number of ketones is 1. The summed E-state index contributed by atoms with van der Waals surface area (Å²) in [5.41, 5.74) is 1.66. The summed E-state index contributed by atoms with van der Waals surface area (Å²) in [6, 6.07) is 5.26. The molecule has 0 heterocycles. The largest absolute Gasteiger partial charge is 0.508 e. The van der Waals surface area contributed by atoms with E-state index in [0.717, 1.165) is 29.1 Å². The van der Waals surface area contributed by atoms with E-state index in [1.165, 1.54) is 7.11 Å². The summed E-state index contributed by atoms with van der Waals surface area (Å²) in [6.45, 7) is 3.71. The van der Waals surface area contributed by atoms with Gasteiger partial charge in [-0.05, 0) is 48.5 Å². The summed E-state index contributed by atoms with van der Waals surface area (Å²) in [4.78, 5) is 23.5. The molecule has 1 saturated carbocycles. The second-order valence-corrected chi connectivity index (χ2v) is 9.44. The normalized spacial score (nSPS) is 23.3. The van der Waals surface area contributed by atoms with Gasteiger partial charge < -0.3 is 20.1 Å². The lowest BCUT2D eigenvalue weighted by Gasteiger charge is -2.20. The van der Waals surface area contributed by atoms with Gasteiger partial charge in [0, 0.05) is 30.6 Å². The van der Waals surface area contributed by atoms with E-state index in [2.05, 4.69) is 4.74 Å². The lowest BCUT2D eigenvalue weighted by molar-refractivity contribution is -0.140. The molecule has 1 aromatic rings. The van der Waals surface area contributed by atoms with Crippen molar-refractivity contribution >= 4 is 23.5 Å². The molecular weight excluding hydrogens is 416 g/mol. The van der Waals surface area contributed by atoms with Crippen LogP contribution in [0.4, 0.5) is 0 Å². The molecule has 1 aliphatic rings. The van der Waals surface area contributed by atoms with Gasteiger partial charge in [0.05, 0.1) is 19.3 Å². The maximum Gasteiger partial charge on any atom is 0.305 e. The fourth-order valence-corrected chi connectivity index (χ4v) is 4.87. The van der Waals surface area contributed by atoms with Crippen molar-refractivity contribution in [1.82, 2.24) is 0 Å². The van der Waals surface area contributed by atoms with Crippen LogP contribution in [0.3, 0.4) is 0 Å². The molecule has 0 radical (unpaired) electrons. The average molecular weight is 451 g/mol. The summed E-state index contributed by atoms with van der Waals surface area (Å²) < 4.78 is 4.62. The minimum atomic E-state index is -0.764. The summed E-state index contributed by atoms with van der Waals surface area (Å²) in [5.74, 6) is 0.934. The third kappa shape index (κ3) is 7.37. The van der Waals surface area contributed by atoms with Crippen molar-refractivity contribution in [2.75, 3.05) is 18.6 Å². The first-order valence-corrected chi connectivity index (χ1v) is 11.9. The number of methoxy groups -OCH3 is 1. The highest BCUT2D eigenvalue weighted by Crippen LogP contribution is 2.34. The SMILES string of the molecule is COC(=O)CCCSCC[C@H]1C(=O)C[C@@H](O)[C@@H]1/C=C/[C@@H](O)C(C)c1ccc(O)c(C)c1. The predicted molar refractivity (Wildman–Crippen MR) is 122 cm³/mol. The van der Waals surface area contributed by atoms with Crippen LogP contribution in [0, 0.1) is 18.8 Å². The standard InChI is InChI=1S/C24H34O6S/c1-15-13-17(6-8-20(15)25)16(2)21(26)9-7-18-19(23(28)14-22(18)27)10-12-31-11-4-5-24(29)30-3/h6-9,13,16,18-19,21-22,25-27H,4-5,10-12,14H2,1-3H3/b9-7+/t16?,18-,19-,21-,22-/m1/s1. The van der Waals surface area contributed by atoms with Gasteiger partial charge in [0.2, 0.25) is 0 Å². The Labute approximate surface area is 188 Å². The Morgan fingerprint density at radius 3 is 2.77 bits per heavy atom. The Kier molecular flexibility index (Phi) is 10.1. The van der Waals surface area contributed by atoms with E-state index in [1.54, 1.807) is 36.0 Å². The molecule has 0 spiro atoms. The Morgan fingerprint density at radius 2 is 2.10 bits per heavy atom. The zero-order chi connectivity index (χ0) is 23.0. The summed E-state index contributed by atoms with van der Waals surface area (Å²) in [5, 5.41) is 30.7. The molecule has 1 aliphatic carbocycles. The zero-order valence-electron chi connectivity index (χ0n) is 18.5. The van der Waals surface area contributed by atoms with Crippen LogP contribution < -0.4 is 0 Å². The van der Waals surface area contributed by atoms with Crippen molar-refractivity contribution < 1.29 is 29.6 Å². The summed E-state index contributed by atoms with van der Waals surface area (Å²) in [6.07, 6.45) is 3.92. The molecule has 6 nitrogen and oxygen atoms in total. The van der Waals surface area contributed by atoms with Gasteiger partial charge in [0.25, 0.3) is 0 Å². The van der Waals surface area contributed by atoms with E-state index in [9.17, 15) is 24.9 Å². The quantitative estimate of drug-likeness (QED) is 0.270. The fourth-order valence-electron chi connectivity index (χ4n) is 3.89. The van der Waals surface area contributed by atoms with Crippen LogP contribution in [0.2, 0.25) is 0 Å². The molecule has 0 saturated heterocycles. The maximum atomic E-state index is 12.4. The zero-order valence-corrected chi connectivity index (χ0v) is 19.3. The number of Topliss-reactive ketones (excluding diaryl/α,β-unsaturated/α-hetero) is 1. The third-order valence-electron chi connectivity index (χ3n) is 5.99. The van der Waals surface area contributed by atoms with Gasteiger partial charge in [-0.25, -0.2) is 0 Å². The number of aromatic hydroxyl groups is 1. The Bertz CT molecular complexity index is 777. The number of hydrogen-bond acceptors (Lipinski definition) is 7. The second-order valence-electron chi connectivity index (χ2n) is 8.21. The van der Waals surface area contributed by atoms with Crippen molar-refractivity contribution in [1.29, 1.82) is 0 Å². The van der Waals surface area contributed by atoms with Gasteiger partial charge >= 0.3 is 5.97 Å². The fraction of sp³-hybridized carbons (Fsp3) is 0.583. The van der Waals surface area contributed by atoms with Crippen molar-refractivity contribution in [2.45, 2.75) is 57.7 Å². The van der Waals surface area contributed by atoms with E-state index >= 15 is 0 Å². The van der Waals surface area contributed by atoms with E-state index in [-0.39, 0.29) is 41.7 Å². The van der Waals surface area contributed by atoms with E-state index in [0.29, 0.717) is 12.8 Å². The number of carbonyl (C=O) groups is 2. The molecule has 1 aromatic carbocycles. The van der Waals surface area contributed by atoms with Gasteiger partial charge in [-0.3, -0.25) is 9.59 Å². The van der Waals surface area contributed by atoms with E-state index in [4.69, 9.17) is 0 Å². The topological polar surface area (TPSA) is 104 Å². The number of aliphatic hydroxyl groups is 2. The van der Waals surface area contributed by atoms with Crippen LogP contribution in [0.15, 0.2) is 30.4 Å². The number of phenols is 1. The van der Waals surface area contributed by atoms with Crippen molar-refractivity contribution in [3.8, 4) is 5.75 Å². The molecule has 7 heteroatoms. The molecule has 0 aromatic heterocycles. The number of aliphatic hydroxyl groups excluding tert-OH is 2. The first-order chi connectivity index (χ1) is 14.7. The number of rotatable bonds is 11. The average Bonchev–Trinajstić information content (AvgIpc) is 3.02. The molecule has 1 unspecified atom stereocenters. The van der Waals surface area contributed by atoms with E-state index < -0.39 is 12.2 Å². The number of carbonyl (C=O) groups excluding carboxylic acids is 2. The number of benzene rings is 1. The number of hydrogen-bond donors (Lipinski definition) is 3. The van der Waals surface area contributed by atoms with Crippen molar-refractivity contribution in [2.24, 2.45) is 11.8 Å². The lowest BCUT2D eigenvalue weighted by atomic mass is 9.89. The monoisotopic (exact) mass is 450 g/mol. The number of ether oxygens (including phenoxy) is 1. The van der Waals surface area contributed by atoms with Crippen LogP contribution in [0.5, 0.6) is 5.75 Å². The van der Waals surface area contributed by atoms with Gasteiger partial charge in [0.1, 0.15) is 11.5 Å². The van der Waals surface area contributed by atoms with Crippen LogP contribution in [-0.4, -0.2) is 57.9 Å². The van der Waals surface area contributed by atoms with Crippen LogP contribution in [-0.2, 0) is 14.3 Å². The first kappa shape index (κ1) is 25.4. The highest BCUT2D eigenvalue weighted by molar-refractivity contribution is 7.99. The number of thioether (sulfide) groups is 1. The number of esters is 1. The molecule has 0 aliphatic heterocycles. The maximum absolute atomic E-state index is 12.4. The van der Waals surface area contributed by atoms with Crippen LogP contribution in [0.1, 0.15) is 49.7 Å². The summed E-state index contributed by atoms with van der Waals surface area (Å²) in [7, 11) is 1.38. The second kappa shape index (κ2) is 12.3. The van der Waals surface area contributed by atoms with Gasteiger partial charge in [-0.15, -0.1) is 0 Å². The van der Waals surface area contributed by atoms with Crippen molar-refractivity contribution in [3.05, 3.63) is 41.5 Å². The highest BCUT2D eigenvalue weighted by atomic mass is 32.2. The Balaban J connectivity index is 1.89.